The Bertz CT molecular complexity index is 476. The molecule has 0 bridgehead atoms. The van der Waals surface area contributed by atoms with Crippen LogP contribution in [-0.4, -0.2) is 29.9 Å². The van der Waals surface area contributed by atoms with Crippen LogP contribution in [0.4, 0.5) is 5.69 Å². The van der Waals surface area contributed by atoms with Crippen molar-refractivity contribution >= 4 is 64.1 Å². The zero-order chi connectivity index (χ0) is 13.0. The number of aliphatic imine (C=N–C) groups is 1. The van der Waals surface area contributed by atoms with Crippen LogP contribution in [0.2, 0.25) is 10.0 Å². The minimum Gasteiger partial charge on any atom is -0.363 e. The molecule has 1 heterocycles. The molecule has 0 spiro atoms. The number of carbonyl (C=O) groups is 1. The molecule has 1 aromatic rings. The number of benzene rings is 1. The van der Waals surface area contributed by atoms with Crippen LogP contribution in [0.3, 0.4) is 0 Å². The topological polar surface area (TPSA) is 53.5 Å². The van der Waals surface area contributed by atoms with E-state index in [2.05, 4.69) is 15.6 Å². The van der Waals surface area contributed by atoms with Gasteiger partial charge in [-0.3, -0.25) is 9.79 Å². The van der Waals surface area contributed by atoms with Crippen molar-refractivity contribution in [1.29, 1.82) is 0 Å². The molecule has 2 rings (SSSR count). The lowest BCUT2D eigenvalue weighted by atomic mass is 10.3. The highest BCUT2D eigenvalue weighted by Gasteiger charge is 2.12. The Labute approximate surface area is 131 Å². The van der Waals surface area contributed by atoms with Gasteiger partial charge in [0.05, 0.1) is 28.0 Å². The van der Waals surface area contributed by atoms with Crippen LogP contribution < -0.4 is 10.6 Å². The summed E-state index contributed by atoms with van der Waals surface area (Å²) in [5.41, 5.74) is 0.452. The van der Waals surface area contributed by atoms with E-state index in [0.29, 0.717) is 15.7 Å². The molecule has 0 saturated carbocycles. The summed E-state index contributed by atoms with van der Waals surface area (Å²) >= 11 is 13.3. The van der Waals surface area contributed by atoms with E-state index in [1.807, 2.05) is 0 Å². The number of nitrogens with one attached hydrogen (secondary N) is 2. The van der Waals surface area contributed by atoms with E-state index in [9.17, 15) is 4.79 Å². The molecule has 104 valence electrons. The van der Waals surface area contributed by atoms with Gasteiger partial charge in [-0.15, -0.1) is 12.4 Å². The Morgan fingerprint density at radius 1 is 1.42 bits per heavy atom. The Morgan fingerprint density at radius 3 is 2.68 bits per heavy atom. The number of carbonyl (C=O) groups excluding carboxylic acids is 1. The first-order chi connectivity index (χ1) is 8.66. The van der Waals surface area contributed by atoms with Crippen molar-refractivity contribution in [2.75, 3.05) is 24.2 Å². The first kappa shape index (κ1) is 16.4. The molecule has 4 nitrogen and oxygen atoms in total. The standard InChI is InChI=1S/C11H11Cl2N3OS.ClH/c12-7-2-1-3-8(13)10(7)16-9(17)6-18-11-14-4-5-15-11;/h1-3H,4-6H2,(H,14,15)(H,16,17);1H. The molecular weight excluding hydrogens is 329 g/mol. The van der Waals surface area contributed by atoms with E-state index in [1.54, 1.807) is 18.2 Å². The third-order valence-corrected chi connectivity index (χ3v) is 3.79. The second kappa shape index (κ2) is 7.85. The number of amides is 1. The van der Waals surface area contributed by atoms with Crippen LogP contribution in [0.5, 0.6) is 0 Å². The first-order valence-electron chi connectivity index (χ1n) is 5.32. The maximum absolute atomic E-state index is 11.7. The minimum atomic E-state index is -0.161. The number of anilines is 1. The van der Waals surface area contributed by atoms with Gasteiger partial charge in [0, 0.05) is 6.54 Å². The summed E-state index contributed by atoms with van der Waals surface area (Å²) in [6, 6.07) is 5.09. The molecule has 0 saturated heterocycles. The van der Waals surface area contributed by atoms with Gasteiger partial charge in [-0.2, -0.15) is 0 Å². The molecule has 1 aliphatic rings. The van der Waals surface area contributed by atoms with Crippen molar-refractivity contribution in [2.45, 2.75) is 0 Å². The predicted octanol–water partition coefficient (Wildman–Crippen LogP) is 3.05. The summed E-state index contributed by atoms with van der Waals surface area (Å²) in [5, 5.41) is 7.43. The lowest BCUT2D eigenvalue weighted by Gasteiger charge is -2.08. The number of para-hydroxylation sites is 1. The molecule has 1 amide bonds. The molecule has 1 aromatic carbocycles. The van der Waals surface area contributed by atoms with E-state index in [4.69, 9.17) is 23.2 Å². The van der Waals surface area contributed by atoms with Crippen molar-refractivity contribution < 1.29 is 4.79 Å². The van der Waals surface area contributed by atoms with Gasteiger partial charge in [-0.1, -0.05) is 41.0 Å². The number of hydrogen-bond donors (Lipinski definition) is 2. The molecule has 0 atom stereocenters. The van der Waals surface area contributed by atoms with Crippen LogP contribution in [0.1, 0.15) is 0 Å². The van der Waals surface area contributed by atoms with Gasteiger partial charge in [0.25, 0.3) is 0 Å². The van der Waals surface area contributed by atoms with E-state index >= 15 is 0 Å². The molecule has 1 aliphatic heterocycles. The van der Waals surface area contributed by atoms with Gasteiger partial charge in [-0.25, -0.2) is 0 Å². The van der Waals surface area contributed by atoms with Gasteiger partial charge in [0.1, 0.15) is 0 Å². The molecule has 8 heteroatoms. The van der Waals surface area contributed by atoms with Crippen molar-refractivity contribution in [2.24, 2.45) is 4.99 Å². The number of amidine groups is 1. The fraction of sp³-hybridized carbons (Fsp3) is 0.273. The summed E-state index contributed by atoms with van der Waals surface area (Å²) in [7, 11) is 0. The maximum atomic E-state index is 11.7. The van der Waals surface area contributed by atoms with Crippen LogP contribution in [0.25, 0.3) is 0 Å². The molecule has 0 aromatic heterocycles. The fourth-order valence-corrected chi connectivity index (χ4v) is 2.62. The second-order valence-electron chi connectivity index (χ2n) is 3.55. The van der Waals surface area contributed by atoms with E-state index in [1.165, 1.54) is 11.8 Å². The summed E-state index contributed by atoms with van der Waals surface area (Å²) in [6.07, 6.45) is 0. The zero-order valence-electron chi connectivity index (χ0n) is 9.78. The smallest absolute Gasteiger partial charge is 0.234 e. The van der Waals surface area contributed by atoms with Crippen LogP contribution in [0.15, 0.2) is 23.2 Å². The normalized spacial score (nSPS) is 13.3. The van der Waals surface area contributed by atoms with Crippen molar-refractivity contribution in [3.05, 3.63) is 28.2 Å². The summed E-state index contributed by atoms with van der Waals surface area (Å²) < 4.78 is 0. The molecule has 0 aliphatic carbocycles. The highest BCUT2D eigenvalue weighted by molar-refractivity contribution is 8.14. The zero-order valence-corrected chi connectivity index (χ0v) is 12.9. The van der Waals surface area contributed by atoms with Gasteiger partial charge < -0.3 is 10.6 Å². The van der Waals surface area contributed by atoms with Gasteiger partial charge in [-0.05, 0) is 12.1 Å². The van der Waals surface area contributed by atoms with Gasteiger partial charge >= 0.3 is 0 Å². The van der Waals surface area contributed by atoms with Crippen molar-refractivity contribution in [1.82, 2.24) is 5.32 Å². The third kappa shape index (κ3) is 4.76. The van der Waals surface area contributed by atoms with Crippen molar-refractivity contribution in [3.63, 3.8) is 0 Å². The molecule has 0 unspecified atom stereocenters. The Balaban J connectivity index is 0.00000180. The highest BCUT2D eigenvalue weighted by atomic mass is 35.5. The monoisotopic (exact) mass is 339 g/mol. The maximum Gasteiger partial charge on any atom is 0.234 e. The van der Waals surface area contributed by atoms with Crippen LogP contribution in [-0.2, 0) is 4.79 Å². The number of halogens is 3. The number of thioether (sulfide) groups is 1. The molecule has 2 N–H and O–H groups in total. The molecule has 19 heavy (non-hydrogen) atoms. The van der Waals surface area contributed by atoms with Gasteiger partial charge in [0.15, 0.2) is 5.17 Å². The summed E-state index contributed by atoms with van der Waals surface area (Å²) in [6.45, 7) is 1.60. The lowest BCUT2D eigenvalue weighted by Crippen LogP contribution is -2.20. The number of rotatable bonds is 3. The fourth-order valence-electron chi connectivity index (χ4n) is 1.40. The van der Waals surface area contributed by atoms with Crippen LogP contribution in [0, 0.1) is 0 Å². The average molecular weight is 341 g/mol. The molecule has 0 radical (unpaired) electrons. The molecular formula is C11H12Cl3N3OS. The SMILES string of the molecule is Cl.O=C(CSC1=NCCN1)Nc1c(Cl)cccc1Cl. The minimum absolute atomic E-state index is 0. The average Bonchev–Trinajstić information content (AvgIpc) is 2.84. The third-order valence-electron chi connectivity index (χ3n) is 2.21. The highest BCUT2D eigenvalue weighted by Crippen LogP contribution is 2.29. The summed E-state index contributed by atoms with van der Waals surface area (Å²) in [5.74, 6) is 0.110. The van der Waals surface area contributed by atoms with E-state index in [-0.39, 0.29) is 24.1 Å². The largest absolute Gasteiger partial charge is 0.363 e. The first-order valence-corrected chi connectivity index (χ1v) is 7.06. The lowest BCUT2D eigenvalue weighted by molar-refractivity contribution is -0.113. The quantitative estimate of drug-likeness (QED) is 0.889. The number of hydrogen-bond acceptors (Lipinski definition) is 4. The number of nitrogens with zero attached hydrogens (tertiary/aromatic N) is 1. The molecule has 0 fully saturated rings. The Morgan fingerprint density at radius 2 is 2.11 bits per heavy atom. The van der Waals surface area contributed by atoms with E-state index < -0.39 is 0 Å². The van der Waals surface area contributed by atoms with Crippen LogP contribution >= 0.6 is 47.4 Å². The van der Waals surface area contributed by atoms with E-state index in [0.717, 1.165) is 18.3 Å². The Hall–Kier alpha value is -0.620. The predicted molar refractivity (Wildman–Crippen MR) is 85.1 cm³/mol. The van der Waals surface area contributed by atoms with Gasteiger partial charge in [0.2, 0.25) is 5.91 Å². The van der Waals surface area contributed by atoms with Crippen molar-refractivity contribution in [3.8, 4) is 0 Å². The Kier molecular flexibility index (Phi) is 6.79. The summed E-state index contributed by atoms with van der Waals surface area (Å²) in [4.78, 5) is 15.9. The second-order valence-corrected chi connectivity index (χ2v) is 5.33.